The highest BCUT2D eigenvalue weighted by atomic mass is 16.7. The fraction of sp³-hybridized carbons (Fsp3) is 0.588. The second-order valence-electron chi connectivity index (χ2n) is 5.38. The van der Waals surface area contributed by atoms with E-state index in [0.717, 1.165) is 31.5 Å². The monoisotopic (exact) mass is 330 g/mol. The van der Waals surface area contributed by atoms with E-state index < -0.39 is 6.29 Å². The summed E-state index contributed by atoms with van der Waals surface area (Å²) in [7, 11) is 0. The first-order valence-electron chi connectivity index (χ1n) is 8.37. The maximum absolute atomic E-state index is 5.82. The molecule has 1 saturated heterocycles. The normalized spacial score (nSPS) is 17.9. The van der Waals surface area contributed by atoms with Crippen LogP contribution in [0.4, 0.5) is 0 Å². The summed E-state index contributed by atoms with van der Waals surface area (Å²) in [5, 5.41) is 0. The largest absolute Gasteiger partial charge is 0.358 e. The molecule has 2 aromatic rings. The van der Waals surface area contributed by atoms with Gasteiger partial charge in [-0.25, -0.2) is 15.0 Å². The van der Waals surface area contributed by atoms with Crippen LogP contribution in [0.1, 0.15) is 45.0 Å². The van der Waals surface area contributed by atoms with Crippen LogP contribution in [0.25, 0.3) is 11.2 Å². The molecule has 0 N–H and O–H groups in total. The van der Waals surface area contributed by atoms with Gasteiger partial charge in [-0.3, -0.25) is 4.57 Å². The van der Waals surface area contributed by atoms with Crippen LogP contribution in [0.5, 0.6) is 0 Å². The van der Waals surface area contributed by atoms with Crippen molar-refractivity contribution in [3.63, 3.8) is 0 Å². The van der Waals surface area contributed by atoms with Gasteiger partial charge < -0.3 is 14.2 Å². The van der Waals surface area contributed by atoms with Crippen molar-refractivity contribution in [1.82, 2.24) is 19.5 Å². The highest BCUT2D eigenvalue weighted by Crippen LogP contribution is 2.25. The fourth-order valence-electron chi connectivity index (χ4n) is 2.66. The van der Waals surface area contributed by atoms with Crippen LogP contribution < -0.4 is 0 Å². The molecular weight excluding hydrogens is 308 g/mol. The Morgan fingerprint density at radius 2 is 2.08 bits per heavy atom. The zero-order valence-corrected chi connectivity index (χ0v) is 14.1. The third kappa shape index (κ3) is 3.73. The van der Waals surface area contributed by atoms with Gasteiger partial charge in [0, 0.05) is 19.8 Å². The molecule has 0 radical (unpaired) electrons. The summed E-state index contributed by atoms with van der Waals surface area (Å²) in [5.41, 5.74) is 1.98. The molecule has 1 aliphatic rings. The summed E-state index contributed by atoms with van der Waals surface area (Å²) in [6, 6.07) is 0. The third-order valence-electron chi connectivity index (χ3n) is 3.77. The van der Waals surface area contributed by atoms with Crippen molar-refractivity contribution in [2.24, 2.45) is 0 Å². The van der Waals surface area contributed by atoms with Crippen molar-refractivity contribution in [3.8, 4) is 11.8 Å². The van der Waals surface area contributed by atoms with Crippen LogP contribution in [0, 0.1) is 11.8 Å². The Bertz CT molecular complexity index is 722. The number of rotatable bonds is 5. The Kier molecular flexibility index (Phi) is 5.75. The van der Waals surface area contributed by atoms with Crippen LogP contribution in [0.2, 0.25) is 0 Å². The van der Waals surface area contributed by atoms with Gasteiger partial charge in [0.1, 0.15) is 23.8 Å². The number of aromatic nitrogens is 4. The zero-order chi connectivity index (χ0) is 16.8. The summed E-state index contributed by atoms with van der Waals surface area (Å²) < 4.78 is 18.6. The van der Waals surface area contributed by atoms with Crippen molar-refractivity contribution in [2.75, 3.05) is 19.8 Å². The van der Waals surface area contributed by atoms with E-state index in [1.807, 2.05) is 18.4 Å². The van der Waals surface area contributed by atoms with Crippen LogP contribution in [-0.4, -0.2) is 45.6 Å². The molecule has 128 valence electrons. The molecule has 0 bridgehead atoms. The third-order valence-corrected chi connectivity index (χ3v) is 3.77. The number of hydrogen-bond acceptors (Lipinski definition) is 6. The molecule has 0 saturated carbocycles. The van der Waals surface area contributed by atoms with Crippen molar-refractivity contribution < 1.29 is 14.2 Å². The number of imidazole rings is 1. The van der Waals surface area contributed by atoms with Gasteiger partial charge in [-0.2, -0.15) is 0 Å². The lowest BCUT2D eigenvalue weighted by molar-refractivity contribution is -0.0969. The van der Waals surface area contributed by atoms with Crippen LogP contribution in [0.15, 0.2) is 12.7 Å². The van der Waals surface area contributed by atoms with Gasteiger partial charge in [0.05, 0.1) is 6.33 Å². The average Bonchev–Trinajstić information content (AvgIpc) is 3.05. The van der Waals surface area contributed by atoms with Gasteiger partial charge >= 0.3 is 0 Å². The molecule has 7 heteroatoms. The molecule has 0 aromatic carbocycles. The molecule has 0 aliphatic carbocycles. The van der Waals surface area contributed by atoms with Crippen LogP contribution in [0.3, 0.4) is 0 Å². The SMILES string of the molecule is CCOC(C#Cc1ncnc2c1ncn2C1CCCCO1)OCC. The number of hydrogen-bond donors (Lipinski definition) is 0. The van der Waals surface area contributed by atoms with Gasteiger partial charge in [0.2, 0.25) is 6.29 Å². The first kappa shape index (κ1) is 16.8. The topological polar surface area (TPSA) is 71.3 Å². The highest BCUT2D eigenvalue weighted by Gasteiger charge is 2.19. The number of ether oxygens (including phenoxy) is 3. The Morgan fingerprint density at radius 3 is 2.79 bits per heavy atom. The quantitative estimate of drug-likeness (QED) is 0.619. The van der Waals surface area contributed by atoms with Crippen LogP contribution >= 0.6 is 0 Å². The van der Waals surface area contributed by atoms with Crippen LogP contribution in [-0.2, 0) is 14.2 Å². The summed E-state index contributed by atoms with van der Waals surface area (Å²) in [5.74, 6) is 5.96. The van der Waals surface area contributed by atoms with Crippen molar-refractivity contribution in [2.45, 2.75) is 45.6 Å². The van der Waals surface area contributed by atoms with E-state index in [-0.39, 0.29) is 6.23 Å². The van der Waals surface area contributed by atoms with E-state index in [2.05, 4.69) is 26.8 Å². The molecular formula is C17H22N4O3. The summed E-state index contributed by atoms with van der Waals surface area (Å²) in [6.07, 6.45) is 5.89. The predicted octanol–water partition coefficient (Wildman–Crippen LogP) is 2.28. The molecule has 0 spiro atoms. The number of nitrogens with zero attached hydrogens (tertiary/aromatic N) is 4. The average molecular weight is 330 g/mol. The van der Waals surface area contributed by atoms with Gasteiger partial charge in [0.15, 0.2) is 5.65 Å². The number of fused-ring (bicyclic) bond motifs is 1. The molecule has 1 fully saturated rings. The Morgan fingerprint density at radius 1 is 1.25 bits per heavy atom. The lowest BCUT2D eigenvalue weighted by Crippen LogP contribution is -2.17. The Hall–Kier alpha value is -2.01. The van der Waals surface area contributed by atoms with E-state index in [1.165, 1.54) is 6.33 Å². The lowest BCUT2D eigenvalue weighted by atomic mass is 10.2. The van der Waals surface area contributed by atoms with Crippen molar-refractivity contribution >= 4 is 11.2 Å². The van der Waals surface area contributed by atoms with E-state index in [1.54, 1.807) is 6.33 Å². The van der Waals surface area contributed by atoms with Crippen molar-refractivity contribution in [1.29, 1.82) is 0 Å². The summed E-state index contributed by atoms with van der Waals surface area (Å²) >= 11 is 0. The molecule has 0 amide bonds. The first-order chi connectivity index (χ1) is 11.8. The van der Waals surface area contributed by atoms with Gasteiger partial charge in [-0.05, 0) is 45.0 Å². The minimum Gasteiger partial charge on any atom is -0.358 e. The molecule has 7 nitrogen and oxygen atoms in total. The molecule has 1 aliphatic heterocycles. The molecule has 3 heterocycles. The zero-order valence-electron chi connectivity index (χ0n) is 14.1. The molecule has 2 aromatic heterocycles. The predicted molar refractivity (Wildman–Crippen MR) is 88.1 cm³/mol. The summed E-state index contributed by atoms with van der Waals surface area (Å²) in [6.45, 7) is 5.65. The standard InChI is InChI=1S/C17H22N4O3/c1-3-22-15(23-4-2)9-8-13-16-17(19-11-18-13)21(12-20-16)14-7-5-6-10-24-14/h11-12,14-15H,3-7,10H2,1-2H3. The van der Waals surface area contributed by atoms with E-state index >= 15 is 0 Å². The first-order valence-corrected chi connectivity index (χ1v) is 8.37. The molecule has 24 heavy (non-hydrogen) atoms. The van der Waals surface area contributed by atoms with Gasteiger partial charge in [-0.1, -0.05) is 0 Å². The summed E-state index contributed by atoms with van der Waals surface area (Å²) in [4.78, 5) is 13.0. The minimum absolute atomic E-state index is 0.0148. The molecule has 1 atom stereocenters. The molecule has 3 rings (SSSR count). The maximum atomic E-state index is 5.82. The molecule has 1 unspecified atom stereocenters. The lowest BCUT2D eigenvalue weighted by Gasteiger charge is -2.23. The van der Waals surface area contributed by atoms with Crippen molar-refractivity contribution in [3.05, 3.63) is 18.3 Å². The van der Waals surface area contributed by atoms with Gasteiger partial charge in [0.25, 0.3) is 0 Å². The van der Waals surface area contributed by atoms with Gasteiger partial charge in [-0.15, -0.1) is 0 Å². The maximum Gasteiger partial charge on any atom is 0.222 e. The smallest absolute Gasteiger partial charge is 0.222 e. The Labute approximate surface area is 141 Å². The van der Waals surface area contributed by atoms with E-state index in [9.17, 15) is 0 Å². The second-order valence-corrected chi connectivity index (χ2v) is 5.38. The minimum atomic E-state index is -0.561. The van der Waals surface area contributed by atoms with E-state index in [4.69, 9.17) is 14.2 Å². The fourth-order valence-corrected chi connectivity index (χ4v) is 2.66. The Balaban J connectivity index is 1.88. The highest BCUT2D eigenvalue weighted by molar-refractivity contribution is 5.76. The van der Waals surface area contributed by atoms with E-state index in [0.29, 0.717) is 24.4 Å². The second kappa shape index (κ2) is 8.20.